The lowest BCUT2D eigenvalue weighted by atomic mass is 10.1. The standard InChI is InChI=1S/C36H32N4O4S/c1-3-33(36(44)38-27-18-16-24(17-19-27)23(2)41)45-29-13-9-12-28(21-29)39-35(43)32(40-34(42)25-10-5-4-6-11-25)20-26-22-37-31-15-8-7-14-30(26)31/h4-22,33,37H,3H2,1-2H3,(H,38,44)(H,39,43)(H,40,42)/b32-20-. The van der Waals surface area contributed by atoms with Gasteiger partial charge < -0.3 is 20.9 Å². The van der Waals surface area contributed by atoms with Gasteiger partial charge in [-0.05, 0) is 80.1 Å². The molecule has 0 aliphatic heterocycles. The van der Waals surface area contributed by atoms with Gasteiger partial charge in [-0.3, -0.25) is 19.2 Å². The van der Waals surface area contributed by atoms with Crippen LogP contribution in [-0.4, -0.2) is 33.7 Å². The highest BCUT2D eigenvalue weighted by Gasteiger charge is 2.20. The van der Waals surface area contributed by atoms with Crippen LogP contribution in [0.4, 0.5) is 11.4 Å². The van der Waals surface area contributed by atoms with Crippen LogP contribution in [0.5, 0.6) is 0 Å². The van der Waals surface area contributed by atoms with Crippen molar-refractivity contribution in [3.63, 3.8) is 0 Å². The van der Waals surface area contributed by atoms with Gasteiger partial charge in [0, 0.05) is 50.1 Å². The average Bonchev–Trinajstić information content (AvgIpc) is 3.46. The predicted molar refractivity (Wildman–Crippen MR) is 180 cm³/mol. The summed E-state index contributed by atoms with van der Waals surface area (Å²) in [5.74, 6) is -1.11. The van der Waals surface area contributed by atoms with E-state index in [9.17, 15) is 19.2 Å². The van der Waals surface area contributed by atoms with Crippen LogP contribution in [0.2, 0.25) is 0 Å². The second-order valence-corrected chi connectivity index (χ2v) is 11.6. The van der Waals surface area contributed by atoms with Gasteiger partial charge >= 0.3 is 0 Å². The Hall–Kier alpha value is -5.41. The van der Waals surface area contributed by atoms with E-state index in [0.29, 0.717) is 28.9 Å². The first kappa shape index (κ1) is 31.0. The van der Waals surface area contributed by atoms with Gasteiger partial charge in [0.2, 0.25) is 5.91 Å². The van der Waals surface area contributed by atoms with Gasteiger partial charge in [0.15, 0.2) is 5.78 Å². The molecule has 3 amide bonds. The maximum Gasteiger partial charge on any atom is 0.272 e. The zero-order valence-electron chi connectivity index (χ0n) is 24.8. The number of rotatable bonds is 11. The van der Waals surface area contributed by atoms with Crippen molar-refractivity contribution < 1.29 is 19.2 Å². The number of carbonyl (C=O) groups is 4. The summed E-state index contributed by atoms with van der Waals surface area (Å²) >= 11 is 1.38. The molecule has 9 heteroatoms. The predicted octanol–water partition coefficient (Wildman–Crippen LogP) is 7.29. The fourth-order valence-corrected chi connectivity index (χ4v) is 5.67. The van der Waals surface area contributed by atoms with Gasteiger partial charge in [0.1, 0.15) is 5.70 Å². The SMILES string of the molecule is CCC(Sc1cccc(NC(=O)/C(=C/c2c[nH]c3ccccc23)NC(=O)c2ccccc2)c1)C(=O)Nc1ccc(C(C)=O)cc1. The molecule has 4 aromatic carbocycles. The number of Topliss-reactive ketones (excluding diaryl/α,β-unsaturated/α-hetero) is 1. The number of para-hydroxylation sites is 1. The molecule has 0 radical (unpaired) electrons. The molecule has 0 spiro atoms. The highest BCUT2D eigenvalue weighted by Crippen LogP contribution is 2.29. The zero-order chi connectivity index (χ0) is 31.8. The molecule has 226 valence electrons. The fourth-order valence-electron chi connectivity index (χ4n) is 4.65. The quantitative estimate of drug-likeness (QED) is 0.0706. The summed E-state index contributed by atoms with van der Waals surface area (Å²) in [5.41, 5.74) is 3.86. The van der Waals surface area contributed by atoms with E-state index >= 15 is 0 Å². The molecule has 1 heterocycles. The molecular weight excluding hydrogens is 584 g/mol. The van der Waals surface area contributed by atoms with Gasteiger partial charge in [-0.15, -0.1) is 11.8 Å². The number of aromatic nitrogens is 1. The number of anilines is 2. The molecule has 5 rings (SSSR count). The number of hydrogen-bond donors (Lipinski definition) is 4. The lowest BCUT2D eigenvalue weighted by Crippen LogP contribution is -2.30. The van der Waals surface area contributed by atoms with Crippen molar-refractivity contribution in [3.05, 3.63) is 132 Å². The first-order valence-electron chi connectivity index (χ1n) is 14.4. The molecule has 4 N–H and O–H groups in total. The summed E-state index contributed by atoms with van der Waals surface area (Å²) < 4.78 is 0. The molecule has 1 aromatic heterocycles. The summed E-state index contributed by atoms with van der Waals surface area (Å²) in [6.45, 7) is 3.43. The van der Waals surface area contributed by atoms with E-state index < -0.39 is 17.1 Å². The first-order chi connectivity index (χ1) is 21.8. The minimum Gasteiger partial charge on any atom is -0.361 e. The fraction of sp³-hybridized carbons (Fsp3) is 0.111. The highest BCUT2D eigenvalue weighted by atomic mass is 32.2. The van der Waals surface area contributed by atoms with Crippen molar-refractivity contribution in [1.29, 1.82) is 0 Å². The number of benzene rings is 4. The van der Waals surface area contributed by atoms with Crippen molar-refractivity contribution in [1.82, 2.24) is 10.3 Å². The van der Waals surface area contributed by atoms with E-state index in [1.807, 2.05) is 43.3 Å². The summed E-state index contributed by atoms with van der Waals surface area (Å²) in [6, 6.07) is 30.4. The average molecular weight is 617 g/mol. The molecule has 1 atom stereocenters. The van der Waals surface area contributed by atoms with Crippen molar-refractivity contribution in [2.75, 3.05) is 10.6 Å². The van der Waals surface area contributed by atoms with Gasteiger partial charge in [-0.25, -0.2) is 0 Å². The van der Waals surface area contributed by atoms with E-state index in [2.05, 4.69) is 20.9 Å². The number of aromatic amines is 1. The van der Waals surface area contributed by atoms with E-state index in [4.69, 9.17) is 0 Å². The van der Waals surface area contributed by atoms with E-state index in [-0.39, 0.29) is 17.4 Å². The van der Waals surface area contributed by atoms with Crippen molar-refractivity contribution in [2.24, 2.45) is 0 Å². The van der Waals surface area contributed by atoms with E-state index in [1.54, 1.807) is 79.0 Å². The monoisotopic (exact) mass is 616 g/mol. The minimum atomic E-state index is -0.495. The van der Waals surface area contributed by atoms with Crippen LogP contribution < -0.4 is 16.0 Å². The number of thioether (sulfide) groups is 1. The number of amides is 3. The third-order valence-corrected chi connectivity index (χ3v) is 8.40. The number of H-pyrrole nitrogens is 1. The summed E-state index contributed by atoms with van der Waals surface area (Å²) in [5, 5.41) is 9.11. The Kier molecular flexibility index (Phi) is 9.91. The molecule has 8 nitrogen and oxygen atoms in total. The van der Waals surface area contributed by atoms with E-state index in [0.717, 1.165) is 21.4 Å². The summed E-state index contributed by atoms with van der Waals surface area (Å²) in [6.07, 6.45) is 4.01. The van der Waals surface area contributed by atoms with Gasteiger partial charge in [-0.2, -0.15) is 0 Å². The maximum atomic E-state index is 13.6. The first-order valence-corrected chi connectivity index (χ1v) is 15.3. The Balaban J connectivity index is 1.32. The van der Waals surface area contributed by atoms with E-state index in [1.165, 1.54) is 18.7 Å². The number of fused-ring (bicyclic) bond motifs is 1. The molecule has 0 bridgehead atoms. The highest BCUT2D eigenvalue weighted by molar-refractivity contribution is 8.00. The Morgan fingerprint density at radius 3 is 2.27 bits per heavy atom. The van der Waals surface area contributed by atoms with Crippen molar-refractivity contribution in [2.45, 2.75) is 30.4 Å². The van der Waals surface area contributed by atoms with Crippen LogP contribution in [0.3, 0.4) is 0 Å². The lowest BCUT2D eigenvalue weighted by molar-refractivity contribution is -0.116. The number of ketones is 1. The largest absolute Gasteiger partial charge is 0.361 e. The summed E-state index contributed by atoms with van der Waals surface area (Å²) in [7, 11) is 0. The molecule has 0 aliphatic rings. The maximum absolute atomic E-state index is 13.6. The number of carbonyl (C=O) groups excluding carboxylic acids is 4. The van der Waals surface area contributed by atoms with Crippen LogP contribution in [0, 0.1) is 0 Å². The Labute approximate surface area is 265 Å². The number of hydrogen-bond acceptors (Lipinski definition) is 5. The van der Waals surface area contributed by atoms with Crippen LogP contribution in [0.1, 0.15) is 46.5 Å². The second kappa shape index (κ2) is 14.4. The molecule has 5 aromatic rings. The summed E-state index contributed by atoms with van der Waals surface area (Å²) in [4.78, 5) is 55.3. The van der Waals surface area contributed by atoms with Crippen LogP contribution >= 0.6 is 11.8 Å². The van der Waals surface area contributed by atoms with Crippen molar-refractivity contribution in [3.8, 4) is 0 Å². The van der Waals surface area contributed by atoms with Crippen molar-refractivity contribution >= 4 is 63.6 Å². The van der Waals surface area contributed by atoms with Gasteiger partial charge in [-0.1, -0.05) is 49.4 Å². The second-order valence-electron chi connectivity index (χ2n) is 10.3. The van der Waals surface area contributed by atoms with Crippen LogP contribution in [0.25, 0.3) is 17.0 Å². The third-order valence-electron chi connectivity index (χ3n) is 7.04. The lowest BCUT2D eigenvalue weighted by Gasteiger charge is -2.16. The molecule has 0 fully saturated rings. The zero-order valence-corrected chi connectivity index (χ0v) is 25.6. The smallest absolute Gasteiger partial charge is 0.272 e. The van der Waals surface area contributed by atoms with Crippen LogP contribution in [0.15, 0.2) is 120 Å². The minimum absolute atomic E-state index is 0.0407. The Bertz CT molecular complexity index is 1880. The molecule has 0 saturated heterocycles. The van der Waals surface area contributed by atoms with Gasteiger partial charge in [0.25, 0.3) is 11.8 Å². The van der Waals surface area contributed by atoms with Crippen LogP contribution in [-0.2, 0) is 9.59 Å². The Morgan fingerprint density at radius 1 is 0.800 bits per heavy atom. The third kappa shape index (κ3) is 7.95. The Morgan fingerprint density at radius 2 is 1.53 bits per heavy atom. The number of nitrogens with one attached hydrogen (secondary N) is 4. The topological polar surface area (TPSA) is 120 Å². The molecular formula is C36H32N4O4S. The van der Waals surface area contributed by atoms with Gasteiger partial charge in [0.05, 0.1) is 5.25 Å². The normalized spacial score (nSPS) is 11.9. The molecule has 1 unspecified atom stereocenters. The molecule has 45 heavy (non-hydrogen) atoms. The molecule has 0 aliphatic carbocycles. The molecule has 0 saturated carbocycles.